The van der Waals surface area contributed by atoms with Gasteiger partial charge in [-0.15, -0.1) is 0 Å². The van der Waals surface area contributed by atoms with Crippen molar-refractivity contribution in [3.8, 4) is 5.75 Å². The monoisotopic (exact) mass is 215 g/mol. The van der Waals surface area contributed by atoms with Crippen molar-refractivity contribution >= 4 is 11.6 Å². The fourth-order valence-electron chi connectivity index (χ4n) is 1.29. The summed E-state index contributed by atoms with van der Waals surface area (Å²) >= 11 is 0. The normalized spacial score (nSPS) is 9.81. The lowest BCUT2D eigenvalue weighted by Gasteiger charge is -2.06. The zero-order valence-electron chi connectivity index (χ0n) is 9.05. The Kier molecular flexibility index (Phi) is 3.33. The van der Waals surface area contributed by atoms with Gasteiger partial charge in [0, 0.05) is 18.1 Å². The van der Waals surface area contributed by atoms with Crippen LogP contribution < -0.4 is 10.1 Å². The third kappa shape index (κ3) is 2.70. The number of benzene rings is 1. The Morgan fingerprint density at radius 1 is 1.12 bits per heavy atom. The van der Waals surface area contributed by atoms with Crippen molar-refractivity contribution in [2.45, 2.75) is 6.92 Å². The third-order valence-electron chi connectivity index (χ3n) is 1.99. The van der Waals surface area contributed by atoms with Gasteiger partial charge in [-0.3, -0.25) is 0 Å². The predicted octanol–water partition coefficient (Wildman–Crippen LogP) is 2.62. The summed E-state index contributed by atoms with van der Waals surface area (Å²) in [4.78, 5) is 8.16. The molecule has 4 nitrogen and oxygen atoms in total. The molecule has 0 spiro atoms. The second kappa shape index (κ2) is 5.11. The minimum Gasteiger partial charge on any atom is -0.494 e. The Hall–Kier alpha value is -2.10. The fraction of sp³-hybridized carbons (Fsp3) is 0.167. The quantitative estimate of drug-likeness (QED) is 0.851. The van der Waals surface area contributed by atoms with Crippen LogP contribution in [0.25, 0.3) is 0 Å². The van der Waals surface area contributed by atoms with Crippen molar-refractivity contribution in [2.24, 2.45) is 0 Å². The molecule has 2 rings (SSSR count). The van der Waals surface area contributed by atoms with Crippen LogP contribution in [0.3, 0.4) is 0 Å². The summed E-state index contributed by atoms with van der Waals surface area (Å²) in [6, 6.07) is 9.47. The van der Waals surface area contributed by atoms with E-state index in [0.29, 0.717) is 12.6 Å². The van der Waals surface area contributed by atoms with Crippen LogP contribution in [0.5, 0.6) is 5.75 Å². The van der Waals surface area contributed by atoms with E-state index >= 15 is 0 Å². The van der Waals surface area contributed by atoms with Gasteiger partial charge in [-0.05, 0) is 37.3 Å². The summed E-state index contributed by atoms with van der Waals surface area (Å²) in [6.07, 6.45) is 3.40. The lowest BCUT2D eigenvalue weighted by molar-refractivity contribution is 0.340. The zero-order valence-corrected chi connectivity index (χ0v) is 9.05. The van der Waals surface area contributed by atoms with E-state index in [-0.39, 0.29) is 0 Å². The molecule has 0 atom stereocenters. The lowest BCUT2D eigenvalue weighted by atomic mass is 10.3. The highest BCUT2D eigenvalue weighted by Crippen LogP contribution is 2.17. The van der Waals surface area contributed by atoms with Gasteiger partial charge in [0.05, 0.1) is 6.61 Å². The molecule has 1 heterocycles. The fourth-order valence-corrected chi connectivity index (χ4v) is 1.29. The third-order valence-corrected chi connectivity index (χ3v) is 1.99. The number of hydrogen-bond acceptors (Lipinski definition) is 4. The van der Waals surface area contributed by atoms with Crippen LogP contribution in [0.4, 0.5) is 11.6 Å². The largest absolute Gasteiger partial charge is 0.494 e. The summed E-state index contributed by atoms with van der Waals surface area (Å²) in [7, 11) is 0. The van der Waals surface area contributed by atoms with Gasteiger partial charge in [-0.2, -0.15) is 0 Å². The summed E-state index contributed by atoms with van der Waals surface area (Å²) < 4.78 is 5.35. The van der Waals surface area contributed by atoms with E-state index in [9.17, 15) is 0 Å². The molecule has 0 fully saturated rings. The van der Waals surface area contributed by atoms with Crippen molar-refractivity contribution in [3.05, 3.63) is 42.7 Å². The van der Waals surface area contributed by atoms with Crippen LogP contribution in [0, 0.1) is 0 Å². The van der Waals surface area contributed by atoms with Gasteiger partial charge in [-0.1, -0.05) is 0 Å². The van der Waals surface area contributed by atoms with Gasteiger partial charge in [0.15, 0.2) is 0 Å². The van der Waals surface area contributed by atoms with E-state index in [1.54, 1.807) is 18.5 Å². The molecular weight excluding hydrogens is 202 g/mol. The second-order valence-corrected chi connectivity index (χ2v) is 3.15. The number of anilines is 2. The molecule has 1 aromatic heterocycles. The van der Waals surface area contributed by atoms with Crippen LogP contribution >= 0.6 is 0 Å². The van der Waals surface area contributed by atoms with E-state index in [0.717, 1.165) is 11.4 Å². The van der Waals surface area contributed by atoms with Gasteiger partial charge in [0.25, 0.3) is 0 Å². The number of nitrogens with one attached hydrogen (secondary N) is 1. The Balaban J connectivity index is 2.05. The average Bonchev–Trinajstić information content (AvgIpc) is 2.33. The molecule has 0 unspecified atom stereocenters. The molecule has 82 valence electrons. The number of rotatable bonds is 4. The lowest BCUT2D eigenvalue weighted by Crippen LogP contribution is -1.96. The van der Waals surface area contributed by atoms with Crippen LogP contribution in [0.15, 0.2) is 42.7 Å². The Bertz CT molecular complexity index is 428. The number of nitrogens with zero attached hydrogens (tertiary/aromatic N) is 2. The molecule has 0 aliphatic carbocycles. The van der Waals surface area contributed by atoms with Gasteiger partial charge in [0.2, 0.25) is 5.95 Å². The van der Waals surface area contributed by atoms with E-state index in [2.05, 4.69) is 15.3 Å². The minimum absolute atomic E-state index is 0.589. The molecule has 0 aliphatic heterocycles. The molecule has 0 bridgehead atoms. The average molecular weight is 215 g/mol. The first kappa shape index (κ1) is 10.4. The van der Waals surface area contributed by atoms with E-state index in [1.165, 1.54) is 0 Å². The number of ether oxygens (including phenoxy) is 1. The molecule has 4 heteroatoms. The van der Waals surface area contributed by atoms with E-state index in [1.807, 2.05) is 31.2 Å². The summed E-state index contributed by atoms with van der Waals surface area (Å²) in [5.74, 6) is 1.45. The summed E-state index contributed by atoms with van der Waals surface area (Å²) in [5, 5.41) is 3.10. The summed E-state index contributed by atoms with van der Waals surface area (Å²) in [5.41, 5.74) is 0.939. The maximum Gasteiger partial charge on any atom is 0.227 e. The van der Waals surface area contributed by atoms with Gasteiger partial charge in [0.1, 0.15) is 5.75 Å². The Labute approximate surface area is 94.3 Å². The molecule has 16 heavy (non-hydrogen) atoms. The van der Waals surface area contributed by atoms with Crippen LogP contribution in [0.1, 0.15) is 6.92 Å². The molecule has 0 amide bonds. The first-order chi connectivity index (χ1) is 7.88. The highest BCUT2D eigenvalue weighted by atomic mass is 16.5. The smallest absolute Gasteiger partial charge is 0.227 e. The molecule has 0 radical (unpaired) electrons. The Morgan fingerprint density at radius 3 is 2.44 bits per heavy atom. The van der Waals surface area contributed by atoms with Crippen molar-refractivity contribution < 1.29 is 4.74 Å². The Morgan fingerprint density at radius 2 is 1.81 bits per heavy atom. The minimum atomic E-state index is 0.589. The molecule has 1 N–H and O–H groups in total. The maximum atomic E-state index is 5.35. The van der Waals surface area contributed by atoms with E-state index in [4.69, 9.17) is 4.74 Å². The first-order valence-electron chi connectivity index (χ1n) is 5.15. The topological polar surface area (TPSA) is 47.0 Å². The molecule has 0 saturated carbocycles. The summed E-state index contributed by atoms with van der Waals surface area (Å²) in [6.45, 7) is 2.64. The van der Waals surface area contributed by atoms with Crippen LogP contribution in [0.2, 0.25) is 0 Å². The van der Waals surface area contributed by atoms with Gasteiger partial charge in [-0.25, -0.2) is 9.97 Å². The second-order valence-electron chi connectivity index (χ2n) is 3.15. The standard InChI is InChI=1S/C12H13N3O/c1-2-16-11-6-4-10(5-7-11)15-12-13-8-3-9-14-12/h3-9H,2H2,1H3,(H,13,14,15). The zero-order chi connectivity index (χ0) is 11.2. The molecule has 0 saturated heterocycles. The predicted molar refractivity (Wildman–Crippen MR) is 62.9 cm³/mol. The van der Waals surface area contributed by atoms with Gasteiger partial charge >= 0.3 is 0 Å². The van der Waals surface area contributed by atoms with Crippen LogP contribution in [-0.4, -0.2) is 16.6 Å². The SMILES string of the molecule is CCOc1ccc(Nc2ncccn2)cc1. The van der Waals surface area contributed by atoms with Gasteiger partial charge < -0.3 is 10.1 Å². The molecule has 0 aliphatic rings. The van der Waals surface area contributed by atoms with Crippen LogP contribution in [-0.2, 0) is 0 Å². The molecule has 1 aromatic carbocycles. The first-order valence-corrected chi connectivity index (χ1v) is 5.15. The highest BCUT2D eigenvalue weighted by molar-refractivity contribution is 5.54. The number of aromatic nitrogens is 2. The van der Waals surface area contributed by atoms with Crippen molar-refractivity contribution in [3.63, 3.8) is 0 Å². The van der Waals surface area contributed by atoms with Crippen molar-refractivity contribution in [1.82, 2.24) is 9.97 Å². The maximum absolute atomic E-state index is 5.35. The van der Waals surface area contributed by atoms with Crippen molar-refractivity contribution in [2.75, 3.05) is 11.9 Å². The molecular formula is C12H13N3O. The molecule has 2 aromatic rings. The van der Waals surface area contributed by atoms with Crippen molar-refractivity contribution in [1.29, 1.82) is 0 Å². The highest BCUT2D eigenvalue weighted by Gasteiger charge is 1.96. The number of hydrogen-bond donors (Lipinski definition) is 1. The van der Waals surface area contributed by atoms with E-state index < -0.39 is 0 Å².